The number of carbonyl (C=O) groups is 2. The van der Waals surface area contributed by atoms with E-state index in [9.17, 15) is 31.5 Å². The van der Waals surface area contributed by atoms with E-state index in [1.807, 2.05) is 0 Å². The fourth-order valence-corrected chi connectivity index (χ4v) is 4.41. The summed E-state index contributed by atoms with van der Waals surface area (Å²) in [6.07, 6.45) is -4.72. The third kappa shape index (κ3) is 5.06. The molecule has 2 N–H and O–H groups in total. The van der Waals surface area contributed by atoms with Gasteiger partial charge in [-0.2, -0.15) is 13.2 Å². The Morgan fingerprint density at radius 2 is 1.66 bits per heavy atom. The molecule has 2 aromatic rings. The van der Waals surface area contributed by atoms with Crippen LogP contribution in [0.1, 0.15) is 21.8 Å². The number of halogens is 9. The van der Waals surface area contributed by atoms with Crippen molar-refractivity contribution in [2.45, 2.75) is 16.4 Å². The van der Waals surface area contributed by atoms with Crippen LogP contribution in [0.3, 0.4) is 0 Å². The van der Waals surface area contributed by atoms with Gasteiger partial charge in [0.05, 0.1) is 27.2 Å². The van der Waals surface area contributed by atoms with E-state index in [0.29, 0.717) is 5.56 Å². The molecule has 4 nitrogen and oxygen atoms in total. The summed E-state index contributed by atoms with van der Waals surface area (Å²) < 4.78 is 62.9. The second kappa shape index (κ2) is 8.85. The maximum absolute atomic E-state index is 14.1. The lowest BCUT2D eigenvalue weighted by Crippen LogP contribution is -2.34. The third-order valence-corrected chi connectivity index (χ3v) is 6.29. The smallest absolute Gasteiger partial charge is 0.343 e. The molecule has 1 aliphatic carbocycles. The van der Waals surface area contributed by atoms with Gasteiger partial charge in [-0.1, -0.05) is 29.3 Å². The highest BCUT2D eigenvalue weighted by atomic mass is 35.5. The van der Waals surface area contributed by atoms with E-state index in [2.05, 4.69) is 5.32 Å². The predicted octanol–water partition coefficient (Wildman–Crippen LogP) is 6.09. The molecule has 0 saturated heterocycles. The predicted molar refractivity (Wildman–Crippen MR) is 111 cm³/mol. The van der Waals surface area contributed by atoms with Crippen molar-refractivity contribution >= 4 is 63.9 Å². The molecule has 1 aliphatic rings. The largest absolute Gasteiger partial charge is 0.405 e. The monoisotopic (exact) mass is 534 g/mol. The topological polar surface area (TPSA) is 58.2 Å². The van der Waals surface area contributed by atoms with Crippen molar-refractivity contribution in [3.05, 3.63) is 63.1 Å². The first-order valence-corrected chi connectivity index (χ1v) is 10.2. The number of anilines is 1. The quantitative estimate of drug-likeness (QED) is 0.359. The zero-order valence-electron chi connectivity index (χ0n) is 15.5. The Labute approximate surface area is 198 Å². The molecule has 0 radical (unpaired) electrons. The van der Waals surface area contributed by atoms with Crippen molar-refractivity contribution in [3.63, 3.8) is 0 Å². The van der Waals surface area contributed by atoms with E-state index in [-0.39, 0.29) is 10.7 Å². The Balaban J connectivity index is 1.81. The molecule has 0 heterocycles. The van der Waals surface area contributed by atoms with Gasteiger partial charge in [0.2, 0.25) is 5.91 Å². The second-order valence-electron chi connectivity index (χ2n) is 6.87. The van der Waals surface area contributed by atoms with E-state index >= 15 is 0 Å². The summed E-state index contributed by atoms with van der Waals surface area (Å²) in [4.78, 5) is 24.7. The molecule has 0 aromatic heterocycles. The lowest BCUT2D eigenvalue weighted by atomic mass is 10.1. The molecule has 2 unspecified atom stereocenters. The molecule has 13 heteroatoms. The first-order chi connectivity index (χ1) is 14.7. The van der Waals surface area contributed by atoms with E-state index in [1.54, 1.807) is 0 Å². The Hall–Kier alpha value is -1.81. The number of benzene rings is 2. The van der Waals surface area contributed by atoms with Crippen molar-refractivity contribution in [3.8, 4) is 0 Å². The standard InChI is InChI=1S/C19H11Cl4F5N2O2/c20-8-5-7(1-2-9(8)24)13-14(19(13,22)23)17(32)30-11-4-3-10(25)12(15(11)21)16(31)29-6-18(26,27)28/h1-5,13-14H,6H2,(H,29,31)(H,30,32). The number of nitrogens with one attached hydrogen (secondary N) is 2. The average molecular weight is 536 g/mol. The zero-order chi connectivity index (χ0) is 24.0. The number of hydrogen-bond acceptors (Lipinski definition) is 2. The van der Waals surface area contributed by atoms with Crippen LogP contribution in [0.25, 0.3) is 0 Å². The number of amides is 2. The van der Waals surface area contributed by atoms with Gasteiger partial charge in [-0.15, -0.1) is 23.2 Å². The molecule has 0 bridgehead atoms. The Bertz CT molecular complexity index is 1090. The van der Waals surface area contributed by atoms with Crippen LogP contribution in [-0.4, -0.2) is 28.9 Å². The van der Waals surface area contributed by atoms with Crippen LogP contribution in [0.2, 0.25) is 10.0 Å². The molecule has 1 saturated carbocycles. The van der Waals surface area contributed by atoms with Crippen LogP contribution in [0, 0.1) is 17.6 Å². The molecule has 32 heavy (non-hydrogen) atoms. The minimum absolute atomic E-state index is 0.200. The number of alkyl halides is 5. The van der Waals surface area contributed by atoms with Crippen molar-refractivity contribution in [2.24, 2.45) is 5.92 Å². The van der Waals surface area contributed by atoms with Crippen LogP contribution in [-0.2, 0) is 4.79 Å². The normalized spacial score (nSPS) is 19.4. The summed E-state index contributed by atoms with van der Waals surface area (Å²) in [6.45, 7) is -1.71. The minimum Gasteiger partial charge on any atom is -0.343 e. The Kier molecular flexibility index (Phi) is 6.87. The van der Waals surface area contributed by atoms with Crippen LogP contribution >= 0.6 is 46.4 Å². The highest BCUT2D eigenvalue weighted by molar-refractivity contribution is 6.53. The van der Waals surface area contributed by atoms with Gasteiger partial charge in [-0.25, -0.2) is 8.78 Å². The molecular formula is C19H11Cl4F5N2O2. The van der Waals surface area contributed by atoms with Crippen molar-refractivity contribution in [2.75, 3.05) is 11.9 Å². The molecule has 2 aromatic carbocycles. The van der Waals surface area contributed by atoms with Crippen LogP contribution in [0.4, 0.5) is 27.6 Å². The lowest BCUT2D eigenvalue weighted by molar-refractivity contribution is -0.123. The summed E-state index contributed by atoms with van der Waals surface area (Å²) >= 11 is 24.1. The van der Waals surface area contributed by atoms with Crippen molar-refractivity contribution < 1.29 is 31.5 Å². The van der Waals surface area contributed by atoms with E-state index < -0.39 is 62.9 Å². The highest BCUT2D eigenvalue weighted by Gasteiger charge is 2.67. The summed E-state index contributed by atoms with van der Waals surface area (Å²) in [5, 5.41) is 3.02. The van der Waals surface area contributed by atoms with E-state index in [1.165, 1.54) is 17.4 Å². The van der Waals surface area contributed by atoms with Gasteiger partial charge in [-0.3, -0.25) is 9.59 Å². The maximum Gasteiger partial charge on any atom is 0.405 e. The van der Waals surface area contributed by atoms with E-state index in [4.69, 9.17) is 46.4 Å². The molecule has 3 rings (SSSR count). The van der Waals surface area contributed by atoms with Crippen molar-refractivity contribution in [1.29, 1.82) is 0 Å². The highest BCUT2D eigenvalue weighted by Crippen LogP contribution is 2.65. The summed E-state index contributed by atoms with van der Waals surface area (Å²) in [6, 6.07) is 5.47. The molecular weight excluding hydrogens is 525 g/mol. The molecule has 0 spiro atoms. The van der Waals surface area contributed by atoms with Gasteiger partial charge in [0, 0.05) is 5.92 Å². The number of hydrogen-bond donors (Lipinski definition) is 2. The maximum atomic E-state index is 14.1. The fraction of sp³-hybridized carbons (Fsp3) is 0.263. The van der Waals surface area contributed by atoms with E-state index in [0.717, 1.165) is 18.2 Å². The van der Waals surface area contributed by atoms with Gasteiger partial charge >= 0.3 is 6.18 Å². The summed E-state index contributed by atoms with van der Waals surface area (Å²) in [5.74, 6) is -5.87. The molecule has 172 valence electrons. The van der Waals surface area contributed by atoms with Crippen LogP contribution < -0.4 is 10.6 Å². The number of carbonyl (C=O) groups excluding carboxylic acids is 2. The van der Waals surface area contributed by atoms with Crippen molar-refractivity contribution in [1.82, 2.24) is 5.32 Å². The van der Waals surface area contributed by atoms with Crippen LogP contribution in [0.15, 0.2) is 30.3 Å². The third-order valence-electron chi connectivity index (χ3n) is 4.66. The summed E-state index contributed by atoms with van der Waals surface area (Å²) in [5.41, 5.74) is -0.740. The molecule has 1 fully saturated rings. The minimum atomic E-state index is -4.72. The van der Waals surface area contributed by atoms with Crippen LogP contribution in [0.5, 0.6) is 0 Å². The SMILES string of the molecule is O=C(NCC(F)(F)F)c1c(F)ccc(NC(=O)C2C(c3ccc(F)c(Cl)c3)C2(Cl)Cl)c1Cl. The first-order valence-electron chi connectivity index (χ1n) is 8.70. The molecule has 2 amide bonds. The lowest BCUT2D eigenvalue weighted by Gasteiger charge is -2.13. The average Bonchev–Trinajstić information content (AvgIpc) is 3.26. The molecule has 0 aliphatic heterocycles. The Morgan fingerprint density at radius 1 is 1.03 bits per heavy atom. The Morgan fingerprint density at radius 3 is 2.25 bits per heavy atom. The van der Waals surface area contributed by atoms with Gasteiger partial charge in [-0.05, 0) is 29.8 Å². The second-order valence-corrected chi connectivity index (χ2v) is 9.10. The first kappa shape index (κ1) is 24.8. The van der Waals surface area contributed by atoms with Gasteiger partial charge in [0.1, 0.15) is 22.5 Å². The number of rotatable bonds is 5. The van der Waals surface area contributed by atoms with Gasteiger partial charge in [0.25, 0.3) is 5.91 Å². The zero-order valence-corrected chi connectivity index (χ0v) is 18.5. The molecule has 2 atom stereocenters. The van der Waals surface area contributed by atoms with Gasteiger partial charge in [0.15, 0.2) is 0 Å². The summed E-state index contributed by atoms with van der Waals surface area (Å²) in [7, 11) is 0. The fourth-order valence-electron chi connectivity index (χ4n) is 3.11. The van der Waals surface area contributed by atoms with Gasteiger partial charge < -0.3 is 10.6 Å².